The molecule has 9 heteroatoms. The van der Waals surface area contributed by atoms with Gasteiger partial charge in [-0.15, -0.1) is 11.8 Å². The number of benzene rings is 2. The van der Waals surface area contributed by atoms with Gasteiger partial charge in [0.05, 0.1) is 16.9 Å². The number of rotatable bonds is 9. The predicted molar refractivity (Wildman–Crippen MR) is 103 cm³/mol. The third-order valence-electron chi connectivity index (χ3n) is 3.24. The number of hydrogen-bond donors (Lipinski definition) is 1. The fourth-order valence-electron chi connectivity index (χ4n) is 1.95. The molecule has 2 aromatic rings. The van der Waals surface area contributed by atoms with Crippen LogP contribution in [0.25, 0.3) is 0 Å². The number of amides is 1. The maximum Gasteiger partial charge on any atom is 0.269 e. The molecule has 0 spiro atoms. The van der Waals surface area contributed by atoms with Gasteiger partial charge in [0, 0.05) is 17.9 Å². The topological polar surface area (TPSA) is 118 Å². The average molecular weight is 384 g/mol. The van der Waals surface area contributed by atoms with Gasteiger partial charge in [0.1, 0.15) is 11.8 Å². The van der Waals surface area contributed by atoms with Crippen molar-refractivity contribution < 1.29 is 14.5 Å². The minimum atomic E-state index is -0.449. The van der Waals surface area contributed by atoms with E-state index in [0.29, 0.717) is 11.5 Å². The molecule has 0 aliphatic heterocycles. The van der Waals surface area contributed by atoms with Crippen LogP contribution in [0.1, 0.15) is 11.1 Å². The second-order valence-electron chi connectivity index (χ2n) is 5.23. The van der Waals surface area contributed by atoms with Crippen molar-refractivity contribution in [1.29, 1.82) is 5.26 Å². The zero-order valence-electron chi connectivity index (χ0n) is 14.2. The summed E-state index contributed by atoms with van der Waals surface area (Å²) in [6.45, 7) is -0.0129. The Bertz CT molecular complexity index is 845. The second-order valence-corrected chi connectivity index (χ2v) is 6.21. The van der Waals surface area contributed by atoms with Crippen molar-refractivity contribution in [3.8, 4) is 11.8 Å². The lowest BCUT2D eigenvalue weighted by Gasteiger charge is -2.02. The highest BCUT2D eigenvalue weighted by molar-refractivity contribution is 7.99. The molecule has 0 aliphatic rings. The van der Waals surface area contributed by atoms with Crippen LogP contribution in [0.3, 0.4) is 0 Å². The smallest absolute Gasteiger partial charge is 0.269 e. The summed E-state index contributed by atoms with van der Waals surface area (Å²) in [7, 11) is 0. The molecule has 2 aromatic carbocycles. The summed E-state index contributed by atoms with van der Waals surface area (Å²) < 4.78 is 5.14. The number of carbonyl (C=O) groups excluding carboxylic acids is 1. The molecule has 8 nitrogen and oxygen atoms in total. The molecule has 0 fully saturated rings. The van der Waals surface area contributed by atoms with E-state index in [0.717, 1.165) is 11.1 Å². The molecule has 0 bridgehead atoms. The second kappa shape index (κ2) is 10.6. The number of nitro benzene ring substituents is 1. The minimum absolute atomic E-state index is 0.0129. The summed E-state index contributed by atoms with van der Waals surface area (Å²) in [5.41, 5.74) is 4.16. The molecule has 0 atom stereocenters. The number of hydrogen-bond acceptors (Lipinski definition) is 7. The number of nitro groups is 1. The first-order valence-corrected chi connectivity index (χ1v) is 8.97. The molecule has 138 valence electrons. The van der Waals surface area contributed by atoms with Crippen LogP contribution < -0.4 is 10.2 Å². The number of thioether (sulfide) groups is 1. The molecule has 0 unspecified atom stereocenters. The largest absolute Gasteiger partial charge is 0.479 e. The number of non-ortho nitro benzene ring substituents is 1. The van der Waals surface area contributed by atoms with E-state index in [1.807, 2.05) is 6.07 Å². The Morgan fingerprint density at radius 1 is 1.26 bits per heavy atom. The Kier molecular flexibility index (Phi) is 7.81. The predicted octanol–water partition coefficient (Wildman–Crippen LogP) is 2.88. The lowest BCUT2D eigenvalue weighted by atomic mass is 10.2. The standard InChI is InChI=1S/C18H16N4O4S/c19-9-10-26-17-7-3-14(4-8-17)11-20-21-18(23)13-27-12-15-1-5-16(6-2-15)22(24)25/h1-8,11H,10,12-13H2,(H,21,23)/b20-11+. The van der Waals surface area contributed by atoms with Crippen LogP contribution >= 0.6 is 11.8 Å². The molecule has 1 N–H and O–H groups in total. The van der Waals surface area contributed by atoms with Crippen molar-refractivity contribution in [2.45, 2.75) is 5.75 Å². The van der Waals surface area contributed by atoms with E-state index in [4.69, 9.17) is 10.00 Å². The molecule has 0 aliphatic carbocycles. The van der Waals surface area contributed by atoms with Crippen molar-refractivity contribution in [1.82, 2.24) is 5.43 Å². The van der Waals surface area contributed by atoms with Gasteiger partial charge in [-0.05, 0) is 35.4 Å². The number of nitrogens with zero attached hydrogens (tertiary/aromatic N) is 3. The van der Waals surface area contributed by atoms with Gasteiger partial charge < -0.3 is 4.74 Å². The Labute approximate surface area is 160 Å². The molecular formula is C18H16N4O4S. The molecule has 0 saturated heterocycles. The molecule has 0 saturated carbocycles. The van der Waals surface area contributed by atoms with Gasteiger partial charge >= 0.3 is 0 Å². The number of hydrazone groups is 1. The zero-order valence-corrected chi connectivity index (χ0v) is 15.0. The van der Waals surface area contributed by atoms with Crippen molar-refractivity contribution in [3.05, 3.63) is 69.8 Å². The van der Waals surface area contributed by atoms with Crippen LogP contribution in [0.15, 0.2) is 53.6 Å². The van der Waals surface area contributed by atoms with Gasteiger partial charge in [-0.25, -0.2) is 5.43 Å². The number of nitrogens with one attached hydrogen (secondary N) is 1. The minimum Gasteiger partial charge on any atom is -0.479 e. The average Bonchev–Trinajstić information content (AvgIpc) is 2.68. The van der Waals surface area contributed by atoms with Crippen molar-refractivity contribution in [3.63, 3.8) is 0 Å². The van der Waals surface area contributed by atoms with E-state index in [9.17, 15) is 14.9 Å². The van der Waals surface area contributed by atoms with Gasteiger partial charge in [-0.3, -0.25) is 14.9 Å². The third kappa shape index (κ3) is 7.17. The van der Waals surface area contributed by atoms with E-state index >= 15 is 0 Å². The first-order valence-electron chi connectivity index (χ1n) is 7.81. The van der Waals surface area contributed by atoms with Gasteiger partial charge in [-0.1, -0.05) is 12.1 Å². The molecule has 0 heterocycles. The summed E-state index contributed by atoms with van der Waals surface area (Å²) in [5.74, 6) is 1.13. The van der Waals surface area contributed by atoms with E-state index in [1.165, 1.54) is 30.1 Å². The summed E-state index contributed by atoms with van der Waals surface area (Å²) in [5, 5.41) is 22.9. The van der Waals surface area contributed by atoms with Crippen LogP contribution in [-0.2, 0) is 10.5 Å². The van der Waals surface area contributed by atoms with Gasteiger partial charge in [0.15, 0.2) is 6.61 Å². The van der Waals surface area contributed by atoms with Crippen molar-refractivity contribution >= 4 is 29.6 Å². The normalized spacial score (nSPS) is 10.3. The SMILES string of the molecule is N#CCOc1ccc(/C=N/NC(=O)CSCc2ccc([N+](=O)[O-])cc2)cc1. The Morgan fingerprint density at radius 2 is 1.96 bits per heavy atom. The highest BCUT2D eigenvalue weighted by Gasteiger charge is 2.05. The van der Waals surface area contributed by atoms with Gasteiger partial charge in [-0.2, -0.15) is 10.4 Å². The van der Waals surface area contributed by atoms with Crippen LogP contribution in [0.5, 0.6) is 5.75 Å². The van der Waals surface area contributed by atoms with E-state index in [2.05, 4.69) is 10.5 Å². The van der Waals surface area contributed by atoms with Crippen molar-refractivity contribution in [2.24, 2.45) is 5.10 Å². The summed E-state index contributed by atoms with van der Waals surface area (Å²) >= 11 is 1.39. The number of nitriles is 1. The molecular weight excluding hydrogens is 368 g/mol. The maximum atomic E-state index is 11.8. The quantitative estimate of drug-likeness (QED) is 0.403. The van der Waals surface area contributed by atoms with Crippen LogP contribution in [-0.4, -0.2) is 29.4 Å². The van der Waals surface area contributed by atoms with Crippen LogP contribution in [0, 0.1) is 21.4 Å². The lowest BCUT2D eigenvalue weighted by molar-refractivity contribution is -0.384. The lowest BCUT2D eigenvalue weighted by Crippen LogP contribution is -2.19. The molecule has 2 rings (SSSR count). The van der Waals surface area contributed by atoms with Crippen LogP contribution in [0.2, 0.25) is 0 Å². The fourth-order valence-corrected chi connectivity index (χ4v) is 2.73. The Hall–Kier alpha value is -3.38. The third-order valence-corrected chi connectivity index (χ3v) is 4.24. The zero-order chi connectivity index (χ0) is 19.5. The Morgan fingerprint density at radius 3 is 2.59 bits per heavy atom. The van der Waals surface area contributed by atoms with E-state index in [-0.39, 0.29) is 24.0 Å². The monoisotopic (exact) mass is 384 g/mol. The molecule has 27 heavy (non-hydrogen) atoms. The van der Waals surface area contributed by atoms with E-state index in [1.54, 1.807) is 36.4 Å². The molecule has 1 amide bonds. The highest BCUT2D eigenvalue weighted by atomic mass is 32.2. The van der Waals surface area contributed by atoms with Gasteiger partial charge in [0.2, 0.25) is 5.91 Å². The van der Waals surface area contributed by atoms with Crippen molar-refractivity contribution in [2.75, 3.05) is 12.4 Å². The maximum absolute atomic E-state index is 11.8. The fraction of sp³-hybridized carbons (Fsp3) is 0.167. The van der Waals surface area contributed by atoms with Gasteiger partial charge in [0.25, 0.3) is 5.69 Å². The van der Waals surface area contributed by atoms with Crippen LogP contribution in [0.4, 0.5) is 5.69 Å². The number of carbonyl (C=O) groups is 1. The first kappa shape index (κ1) is 19.9. The molecule has 0 radical (unpaired) electrons. The highest BCUT2D eigenvalue weighted by Crippen LogP contribution is 2.16. The Balaban J connectivity index is 1.70. The first-order chi connectivity index (χ1) is 13.1. The van der Waals surface area contributed by atoms with E-state index < -0.39 is 4.92 Å². The molecule has 0 aromatic heterocycles. The summed E-state index contributed by atoms with van der Waals surface area (Å²) in [6, 6.07) is 15.0. The number of ether oxygens (including phenoxy) is 1. The summed E-state index contributed by atoms with van der Waals surface area (Å²) in [4.78, 5) is 21.9. The summed E-state index contributed by atoms with van der Waals surface area (Å²) in [6.07, 6.45) is 1.51.